The zero-order valence-electron chi connectivity index (χ0n) is 12.7. The van der Waals surface area contributed by atoms with Crippen LogP contribution in [-0.4, -0.2) is 34.4 Å². The van der Waals surface area contributed by atoms with Crippen molar-refractivity contribution in [1.29, 1.82) is 0 Å². The van der Waals surface area contributed by atoms with Gasteiger partial charge in [0.25, 0.3) is 0 Å². The van der Waals surface area contributed by atoms with E-state index in [1.54, 1.807) is 0 Å². The maximum atomic E-state index is 11.3. The summed E-state index contributed by atoms with van der Waals surface area (Å²) in [7, 11) is 0. The number of H-pyrrole nitrogens is 1. The number of carboxylic acids is 1. The van der Waals surface area contributed by atoms with Crippen molar-refractivity contribution in [3.63, 3.8) is 0 Å². The number of rotatable bonds is 5. The summed E-state index contributed by atoms with van der Waals surface area (Å²) in [5, 5.41) is 19.6. The van der Waals surface area contributed by atoms with Gasteiger partial charge >= 0.3 is 5.97 Å². The topological polar surface area (TPSA) is 82.5 Å². The minimum Gasteiger partial charge on any atom is -0.481 e. The highest BCUT2D eigenvalue weighted by atomic mass is 16.5. The fourth-order valence-electron chi connectivity index (χ4n) is 3.52. The molecule has 2 heterocycles. The van der Waals surface area contributed by atoms with Gasteiger partial charge in [0.05, 0.1) is 18.7 Å². The van der Waals surface area contributed by atoms with E-state index in [9.17, 15) is 15.0 Å². The second-order valence-electron chi connectivity index (χ2n) is 5.81. The maximum Gasteiger partial charge on any atom is 0.306 e. The van der Waals surface area contributed by atoms with Crippen molar-refractivity contribution in [2.45, 2.75) is 38.2 Å². The lowest BCUT2D eigenvalue weighted by molar-refractivity contribution is -0.148. The molecule has 118 valence electrons. The summed E-state index contributed by atoms with van der Waals surface area (Å²) in [6.45, 7) is 2.58. The molecule has 0 aliphatic carbocycles. The molecule has 5 heteroatoms. The normalized spacial score (nSPS) is 21.0. The number of para-hydroxylation sites is 1. The van der Waals surface area contributed by atoms with Crippen LogP contribution in [0.2, 0.25) is 0 Å². The number of aromatic amines is 1. The number of aromatic nitrogens is 1. The minimum atomic E-state index is -0.857. The molecule has 0 saturated carbocycles. The Bertz CT molecular complexity index is 706. The van der Waals surface area contributed by atoms with Crippen molar-refractivity contribution in [3.8, 4) is 0 Å². The number of ether oxygens (including phenoxy) is 1. The zero-order valence-corrected chi connectivity index (χ0v) is 12.7. The number of benzene rings is 1. The number of aliphatic carboxylic acids is 1. The molecule has 1 aromatic heterocycles. The fourth-order valence-corrected chi connectivity index (χ4v) is 3.52. The lowest BCUT2D eigenvalue weighted by atomic mass is 9.86. The Labute approximate surface area is 128 Å². The van der Waals surface area contributed by atoms with E-state index in [1.807, 2.05) is 19.1 Å². The molecule has 0 amide bonds. The van der Waals surface area contributed by atoms with E-state index >= 15 is 0 Å². The molecule has 0 saturated heterocycles. The maximum absolute atomic E-state index is 11.3. The third kappa shape index (κ3) is 2.30. The number of fused-ring (bicyclic) bond motifs is 3. The first kappa shape index (κ1) is 15.1. The van der Waals surface area contributed by atoms with Crippen LogP contribution in [0.3, 0.4) is 0 Å². The van der Waals surface area contributed by atoms with Gasteiger partial charge in [0.1, 0.15) is 5.60 Å². The van der Waals surface area contributed by atoms with Crippen LogP contribution in [0.25, 0.3) is 10.9 Å². The van der Waals surface area contributed by atoms with E-state index in [0.29, 0.717) is 19.4 Å². The van der Waals surface area contributed by atoms with Gasteiger partial charge in [-0.1, -0.05) is 25.1 Å². The van der Waals surface area contributed by atoms with Crippen LogP contribution in [-0.2, 0) is 28.0 Å². The van der Waals surface area contributed by atoms with Crippen LogP contribution < -0.4 is 0 Å². The Hall–Kier alpha value is -1.85. The van der Waals surface area contributed by atoms with Gasteiger partial charge in [-0.15, -0.1) is 0 Å². The average Bonchev–Trinajstić information content (AvgIpc) is 2.88. The average molecular weight is 303 g/mol. The molecule has 0 spiro atoms. The van der Waals surface area contributed by atoms with E-state index in [1.165, 1.54) is 0 Å². The van der Waals surface area contributed by atoms with Crippen LogP contribution in [0.1, 0.15) is 36.6 Å². The number of carboxylic acid groups (broad SMARTS) is 1. The van der Waals surface area contributed by atoms with Crippen molar-refractivity contribution in [1.82, 2.24) is 4.98 Å². The first-order chi connectivity index (χ1) is 10.6. The van der Waals surface area contributed by atoms with Crippen LogP contribution in [0.15, 0.2) is 18.2 Å². The Morgan fingerprint density at radius 2 is 2.27 bits per heavy atom. The quantitative estimate of drug-likeness (QED) is 0.792. The fraction of sp³-hybridized carbons (Fsp3) is 0.471. The Morgan fingerprint density at radius 3 is 2.95 bits per heavy atom. The van der Waals surface area contributed by atoms with Gasteiger partial charge in [-0.2, -0.15) is 0 Å². The summed E-state index contributed by atoms with van der Waals surface area (Å²) in [6.07, 6.45) is 1.92. The van der Waals surface area contributed by atoms with Crippen molar-refractivity contribution in [2.24, 2.45) is 0 Å². The molecular formula is C17H21NO4. The molecule has 1 aliphatic rings. The lowest BCUT2D eigenvalue weighted by Crippen LogP contribution is -2.37. The molecule has 3 rings (SSSR count). The predicted octanol–water partition coefficient (Wildman–Crippen LogP) is 2.36. The molecule has 0 bridgehead atoms. The van der Waals surface area contributed by atoms with Gasteiger partial charge in [-0.25, -0.2) is 0 Å². The molecule has 3 N–H and O–H groups in total. The molecular weight excluding hydrogens is 282 g/mol. The van der Waals surface area contributed by atoms with E-state index in [4.69, 9.17) is 4.74 Å². The predicted molar refractivity (Wildman–Crippen MR) is 83.0 cm³/mol. The number of carbonyl (C=O) groups is 1. The standard InChI is InChI=1S/C17H21NO4/c1-2-17(10-14(20)21)16-13(7-9-22-17)12-5-3-4-11(6-8-19)15(12)18-16/h3-5,18-19H,2,6-10H2,1H3,(H,20,21)/t17-/m0/s1. The number of hydrogen-bond donors (Lipinski definition) is 3. The molecule has 1 aliphatic heterocycles. The Kier molecular flexibility index (Phi) is 3.93. The van der Waals surface area contributed by atoms with Gasteiger partial charge in [0.15, 0.2) is 0 Å². The highest BCUT2D eigenvalue weighted by molar-refractivity contribution is 5.88. The largest absolute Gasteiger partial charge is 0.481 e. The number of aliphatic hydroxyl groups is 1. The van der Waals surface area contributed by atoms with Crippen LogP contribution in [0, 0.1) is 0 Å². The lowest BCUT2D eigenvalue weighted by Gasteiger charge is -2.35. The first-order valence-electron chi connectivity index (χ1n) is 7.71. The van der Waals surface area contributed by atoms with Gasteiger partial charge in [0, 0.05) is 17.5 Å². The minimum absolute atomic E-state index is 0.0430. The molecule has 5 nitrogen and oxygen atoms in total. The monoisotopic (exact) mass is 303 g/mol. The highest BCUT2D eigenvalue weighted by Crippen LogP contribution is 2.42. The van der Waals surface area contributed by atoms with Crippen LogP contribution in [0.5, 0.6) is 0 Å². The van der Waals surface area contributed by atoms with E-state index in [-0.39, 0.29) is 13.0 Å². The van der Waals surface area contributed by atoms with Gasteiger partial charge in [0.2, 0.25) is 0 Å². The Balaban J connectivity index is 2.20. The van der Waals surface area contributed by atoms with E-state index in [0.717, 1.165) is 34.1 Å². The van der Waals surface area contributed by atoms with Crippen molar-refractivity contribution >= 4 is 16.9 Å². The summed E-state index contributed by atoms with van der Waals surface area (Å²) in [4.78, 5) is 14.7. The van der Waals surface area contributed by atoms with E-state index in [2.05, 4.69) is 11.1 Å². The van der Waals surface area contributed by atoms with Crippen LogP contribution in [0.4, 0.5) is 0 Å². The number of aliphatic hydroxyl groups excluding tert-OH is 1. The molecule has 0 fully saturated rings. The van der Waals surface area contributed by atoms with Gasteiger partial charge in [-0.05, 0) is 30.4 Å². The SMILES string of the molecule is CC[C@@]1(CC(=O)O)OCCc2c1[nH]c1c(CCO)cccc21. The first-order valence-corrected chi connectivity index (χ1v) is 7.71. The second-order valence-corrected chi connectivity index (χ2v) is 5.81. The van der Waals surface area contributed by atoms with Gasteiger partial charge < -0.3 is 19.9 Å². The third-order valence-electron chi connectivity index (χ3n) is 4.60. The summed E-state index contributed by atoms with van der Waals surface area (Å²) >= 11 is 0. The molecule has 0 unspecified atom stereocenters. The molecule has 0 radical (unpaired) electrons. The number of nitrogens with one attached hydrogen (secondary N) is 1. The Morgan fingerprint density at radius 1 is 1.45 bits per heavy atom. The third-order valence-corrected chi connectivity index (χ3v) is 4.60. The molecule has 22 heavy (non-hydrogen) atoms. The molecule has 1 aromatic carbocycles. The molecule has 1 atom stereocenters. The van der Waals surface area contributed by atoms with E-state index < -0.39 is 11.6 Å². The zero-order chi connectivity index (χ0) is 15.7. The molecule has 2 aromatic rings. The summed E-state index contributed by atoms with van der Waals surface area (Å²) in [5.74, 6) is -0.857. The summed E-state index contributed by atoms with van der Waals surface area (Å²) in [5.41, 5.74) is 3.31. The smallest absolute Gasteiger partial charge is 0.306 e. The van der Waals surface area contributed by atoms with Crippen LogP contribution >= 0.6 is 0 Å². The number of hydrogen-bond acceptors (Lipinski definition) is 3. The summed E-state index contributed by atoms with van der Waals surface area (Å²) in [6, 6.07) is 6.03. The summed E-state index contributed by atoms with van der Waals surface area (Å²) < 4.78 is 5.92. The highest BCUT2D eigenvalue weighted by Gasteiger charge is 2.40. The van der Waals surface area contributed by atoms with Gasteiger partial charge in [-0.3, -0.25) is 4.79 Å². The van der Waals surface area contributed by atoms with Crippen molar-refractivity contribution < 1.29 is 19.7 Å². The second kappa shape index (κ2) is 5.74. The van der Waals surface area contributed by atoms with Crippen molar-refractivity contribution in [2.75, 3.05) is 13.2 Å². The van der Waals surface area contributed by atoms with Crippen molar-refractivity contribution in [3.05, 3.63) is 35.0 Å².